The fourth-order valence-electron chi connectivity index (χ4n) is 3.66. The lowest BCUT2D eigenvalue weighted by molar-refractivity contribution is -0.132. The first-order valence-corrected chi connectivity index (χ1v) is 8.14. The minimum Gasteiger partial charge on any atom is -0.355 e. The van der Waals surface area contributed by atoms with E-state index in [1.54, 1.807) is 0 Å². The Hall–Kier alpha value is -1.46. The average molecular weight is 311 g/mol. The van der Waals surface area contributed by atoms with Crippen molar-refractivity contribution in [2.45, 2.75) is 63.8 Å². The number of aryl methyl sites for hydroxylation is 2. The molecule has 0 saturated heterocycles. The summed E-state index contributed by atoms with van der Waals surface area (Å²) in [4.78, 5) is 16.7. The third-order valence-corrected chi connectivity index (χ3v) is 4.78. The molecule has 0 bridgehead atoms. The Balaban J connectivity index is 1.58. The Labute approximate surface area is 129 Å². The molecule has 6 heteroatoms. The number of imidazole rings is 1. The van der Waals surface area contributed by atoms with Crippen molar-refractivity contribution >= 4 is 5.91 Å². The van der Waals surface area contributed by atoms with E-state index < -0.39 is 11.8 Å². The minimum absolute atomic E-state index is 0.0872. The molecular formula is C16H23F2N3O. The molecule has 4 nitrogen and oxygen atoms in total. The number of carbonyl (C=O) groups excluding carboxylic acids is 1. The summed E-state index contributed by atoms with van der Waals surface area (Å²) < 4.78 is 29.0. The van der Waals surface area contributed by atoms with E-state index >= 15 is 0 Å². The zero-order chi connectivity index (χ0) is 15.7. The SMILES string of the molecule is Cc1cn2c(n1)[C@H](CNC(=O)[C@@H]1CCCC(F)(F)C1)CCC2. The normalized spacial score (nSPS) is 27.2. The van der Waals surface area contributed by atoms with Gasteiger partial charge in [-0.25, -0.2) is 13.8 Å². The zero-order valence-electron chi connectivity index (χ0n) is 12.9. The predicted octanol–water partition coefficient (Wildman–Crippen LogP) is 3.01. The molecule has 1 aliphatic heterocycles. The molecule has 0 radical (unpaired) electrons. The van der Waals surface area contributed by atoms with Gasteiger partial charge in [-0.1, -0.05) is 0 Å². The van der Waals surface area contributed by atoms with Gasteiger partial charge in [0.25, 0.3) is 0 Å². The van der Waals surface area contributed by atoms with Crippen LogP contribution in [0, 0.1) is 12.8 Å². The topological polar surface area (TPSA) is 46.9 Å². The monoisotopic (exact) mass is 311 g/mol. The minimum atomic E-state index is -2.68. The van der Waals surface area contributed by atoms with Gasteiger partial charge < -0.3 is 9.88 Å². The first kappa shape index (κ1) is 15.4. The van der Waals surface area contributed by atoms with Crippen LogP contribution in [0.5, 0.6) is 0 Å². The Bertz CT molecular complexity index is 556. The molecule has 0 unspecified atom stereocenters. The van der Waals surface area contributed by atoms with Gasteiger partial charge in [0.05, 0.1) is 5.69 Å². The molecule has 1 aromatic rings. The van der Waals surface area contributed by atoms with Crippen LogP contribution in [0.2, 0.25) is 0 Å². The van der Waals surface area contributed by atoms with Gasteiger partial charge in [0, 0.05) is 44.0 Å². The standard InChI is InChI=1S/C16H23F2N3O/c1-11-10-21-7-3-5-13(14(21)20-11)9-19-15(22)12-4-2-6-16(17,18)8-12/h10,12-13H,2-9H2,1H3,(H,19,22)/t12-,13+/m1/s1. The highest BCUT2D eigenvalue weighted by molar-refractivity contribution is 5.78. The van der Waals surface area contributed by atoms with Crippen molar-refractivity contribution in [3.8, 4) is 0 Å². The molecule has 22 heavy (non-hydrogen) atoms. The zero-order valence-corrected chi connectivity index (χ0v) is 12.9. The van der Waals surface area contributed by atoms with Crippen LogP contribution in [0.3, 0.4) is 0 Å². The molecular weight excluding hydrogens is 288 g/mol. The predicted molar refractivity (Wildman–Crippen MR) is 78.9 cm³/mol. The highest BCUT2D eigenvalue weighted by Crippen LogP contribution is 2.36. The third-order valence-electron chi connectivity index (χ3n) is 4.78. The van der Waals surface area contributed by atoms with Crippen LogP contribution in [0.25, 0.3) is 0 Å². The second-order valence-electron chi connectivity index (χ2n) is 6.67. The van der Waals surface area contributed by atoms with Gasteiger partial charge in [0.2, 0.25) is 11.8 Å². The van der Waals surface area contributed by atoms with Crippen LogP contribution in [-0.4, -0.2) is 27.9 Å². The second kappa shape index (κ2) is 5.97. The molecule has 2 atom stereocenters. The van der Waals surface area contributed by atoms with Crippen LogP contribution in [-0.2, 0) is 11.3 Å². The maximum absolute atomic E-state index is 13.4. The van der Waals surface area contributed by atoms with Gasteiger partial charge in [0.1, 0.15) is 5.82 Å². The van der Waals surface area contributed by atoms with Crippen LogP contribution in [0.1, 0.15) is 56.0 Å². The number of hydrogen-bond acceptors (Lipinski definition) is 2. The maximum Gasteiger partial charge on any atom is 0.248 e. The molecule has 1 aromatic heterocycles. The molecule has 1 fully saturated rings. The number of alkyl halides is 2. The quantitative estimate of drug-likeness (QED) is 0.933. The lowest BCUT2D eigenvalue weighted by Gasteiger charge is -2.29. The number of halogens is 2. The number of hydrogen-bond donors (Lipinski definition) is 1. The first-order valence-electron chi connectivity index (χ1n) is 8.14. The van der Waals surface area contributed by atoms with E-state index in [1.807, 2.05) is 13.1 Å². The van der Waals surface area contributed by atoms with Crippen molar-refractivity contribution in [3.05, 3.63) is 17.7 Å². The van der Waals surface area contributed by atoms with E-state index in [0.29, 0.717) is 19.4 Å². The number of fused-ring (bicyclic) bond motifs is 1. The first-order chi connectivity index (χ1) is 10.4. The lowest BCUT2D eigenvalue weighted by atomic mass is 9.86. The summed E-state index contributed by atoms with van der Waals surface area (Å²) in [6.07, 6.45) is 4.68. The Morgan fingerprint density at radius 1 is 1.45 bits per heavy atom. The van der Waals surface area contributed by atoms with E-state index in [-0.39, 0.29) is 24.7 Å². The second-order valence-corrected chi connectivity index (χ2v) is 6.67. The number of carbonyl (C=O) groups is 1. The lowest BCUT2D eigenvalue weighted by Crippen LogP contribution is -2.39. The molecule has 1 saturated carbocycles. The number of amides is 1. The summed E-state index contributed by atoms with van der Waals surface area (Å²) in [5, 5.41) is 2.88. The summed E-state index contributed by atoms with van der Waals surface area (Å²) >= 11 is 0. The van der Waals surface area contributed by atoms with Gasteiger partial charge in [-0.2, -0.15) is 0 Å². The van der Waals surface area contributed by atoms with Gasteiger partial charge in [-0.15, -0.1) is 0 Å². The van der Waals surface area contributed by atoms with E-state index in [1.165, 1.54) is 0 Å². The average Bonchev–Trinajstić information content (AvgIpc) is 2.84. The number of nitrogens with one attached hydrogen (secondary N) is 1. The summed E-state index contributed by atoms with van der Waals surface area (Å²) in [5.74, 6) is -2.25. The molecule has 2 aliphatic rings. The summed E-state index contributed by atoms with van der Waals surface area (Å²) in [6.45, 7) is 3.43. The smallest absolute Gasteiger partial charge is 0.248 e. The highest BCUT2D eigenvalue weighted by Gasteiger charge is 2.39. The van der Waals surface area contributed by atoms with E-state index in [2.05, 4.69) is 14.9 Å². The molecule has 3 rings (SSSR count). The Morgan fingerprint density at radius 3 is 3.05 bits per heavy atom. The van der Waals surface area contributed by atoms with E-state index in [4.69, 9.17) is 0 Å². The Morgan fingerprint density at radius 2 is 2.27 bits per heavy atom. The summed E-state index contributed by atoms with van der Waals surface area (Å²) in [5.41, 5.74) is 0.986. The van der Waals surface area contributed by atoms with Gasteiger partial charge >= 0.3 is 0 Å². The van der Waals surface area contributed by atoms with Gasteiger partial charge in [0.15, 0.2) is 0 Å². The number of rotatable bonds is 3. The maximum atomic E-state index is 13.4. The molecule has 122 valence electrons. The van der Waals surface area contributed by atoms with Crippen molar-refractivity contribution in [1.82, 2.24) is 14.9 Å². The fraction of sp³-hybridized carbons (Fsp3) is 0.750. The molecule has 2 heterocycles. The number of nitrogens with zero attached hydrogens (tertiary/aromatic N) is 2. The molecule has 1 amide bonds. The largest absolute Gasteiger partial charge is 0.355 e. The van der Waals surface area contributed by atoms with Crippen molar-refractivity contribution < 1.29 is 13.6 Å². The van der Waals surface area contributed by atoms with Crippen molar-refractivity contribution in [2.75, 3.05) is 6.54 Å². The van der Waals surface area contributed by atoms with Crippen LogP contribution in [0.15, 0.2) is 6.20 Å². The fourth-order valence-corrected chi connectivity index (χ4v) is 3.66. The van der Waals surface area contributed by atoms with E-state index in [9.17, 15) is 13.6 Å². The highest BCUT2D eigenvalue weighted by atomic mass is 19.3. The third kappa shape index (κ3) is 3.31. The van der Waals surface area contributed by atoms with Gasteiger partial charge in [-0.05, 0) is 32.6 Å². The van der Waals surface area contributed by atoms with Crippen molar-refractivity contribution in [2.24, 2.45) is 5.92 Å². The molecule has 0 aromatic carbocycles. The summed E-state index contributed by atoms with van der Waals surface area (Å²) in [7, 11) is 0. The van der Waals surface area contributed by atoms with Crippen LogP contribution >= 0.6 is 0 Å². The molecule has 1 aliphatic carbocycles. The Kier molecular flexibility index (Phi) is 4.19. The van der Waals surface area contributed by atoms with E-state index in [0.717, 1.165) is 30.9 Å². The summed E-state index contributed by atoms with van der Waals surface area (Å²) in [6, 6.07) is 0. The van der Waals surface area contributed by atoms with Gasteiger partial charge in [-0.3, -0.25) is 4.79 Å². The van der Waals surface area contributed by atoms with Crippen molar-refractivity contribution in [1.29, 1.82) is 0 Å². The number of aromatic nitrogens is 2. The van der Waals surface area contributed by atoms with Crippen LogP contribution in [0.4, 0.5) is 8.78 Å². The van der Waals surface area contributed by atoms with Crippen LogP contribution < -0.4 is 5.32 Å². The molecule has 0 spiro atoms. The van der Waals surface area contributed by atoms with Crippen molar-refractivity contribution in [3.63, 3.8) is 0 Å². The molecule has 1 N–H and O–H groups in total.